The maximum Gasteiger partial charge on any atom is 0.273 e. The number of carbonyl (C=O) groups excluding carboxylic acids is 2. The van der Waals surface area contributed by atoms with E-state index in [9.17, 15) is 14.0 Å². The highest BCUT2D eigenvalue weighted by Crippen LogP contribution is 2.20. The third kappa shape index (κ3) is 3.97. The van der Waals surface area contributed by atoms with Crippen molar-refractivity contribution in [1.29, 1.82) is 0 Å². The molecule has 0 fully saturated rings. The highest BCUT2D eigenvalue weighted by atomic mass is 19.1. The Morgan fingerprint density at radius 3 is 2.44 bits per heavy atom. The van der Waals surface area contributed by atoms with Crippen LogP contribution in [0.25, 0.3) is 10.9 Å². The van der Waals surface area contributed by atoms with Crippen LogP contribution in [0.4, 0.5) is 4.39 Å². The molecule has 0 bridgehead atoms. The van der Waals surface area contributed by atoms with E-state index in [4.69, 9.17) is 5.73 Å². The molecule has 1 heterocycles. The molecule has 0 saturated heterocycles. The number of nitrogens with zero attached hydrogens (tertiary/aromatic N) is 2. The number of aromatic nitrogens is 2. The van der Waals surface area contributed by atoms with E-state index in [1.54, 1.807) is 36.7 Å². The number of para-hydroxylation sites is 1. The predicted molar refractivity (Wildman–Crippen MR) is 101 cm³/mol. The molecule has 1 unspecified atom stereocenters. The molecule has 140 valence electrons. The van der Waals surface area contributed by atoms with Gasteiger partial charge in [-0.3, -0.25) is 14.3 Å². The Morgan fingerprint density at radius 1 is 1.15 bits per heavy atom. The van der Waals surface area contributed by atoms with E-state index in [0.717, 1.165) is 11.1 Å². The highest BCUT2D eigenvalue weighted by molar-refractivity contribution is 6.06. The van der Waals surface area contributed by atoms with Gasteiger partial charge in [0, 0.05) is 5.39 Å². The molecular formula is C20H21FN4O2. The summed E-state index contributed by atoms with van der Waals surface area (Å²) in [5.74, 6) is -1.50. The monoisotopic (exact) mass is 368 g/mol. The van der Waals surface area contributed by atoms with Crippen molar-refractivity contribution in [3.05, 3.63) is 65.6 Å². The molecule has 2 amide bonds. The minimum Gasteiger partial charge on any atom is -0.368 e. The smallest absolute Gasteiger partial charge is 0.273 e. The molecule has 1 aromatic heterocycles. The number of primary amides is 1. The van der Waals surface area contributed by atoms with Crippen molar-refractivity contribution in [2.45, 2.75) is 26.4 Å². The standard InChI is InChI=1S/C20H21FN4O2/c1-12(2)17(19(22)26)23-20(27)18-15-5-3-4-6-16(15)25(24-18)11-13-7-9-14(21)10-8-13/h3-10,12,17H,11H2,1-2H3,(H2,22,26)(H,23,27). The Bertz CT molecular complexity index is 979. The average Bonchev–Trinajstić information content (AvgIpc) is 3.00. The lowest BCUT2D eigenvalue weighted by molar-refractivity contribution is -0.120. The molecule has 3 N–H and O–H groups in total. The Hall–Kier alpha value is -3.22. The molecule has 0 radical (unpaired) electrons. The zero-order valence-electron chi connectivity index (χ0n) is 15.1. The molecule has 1 atom stereocenters. The van der Waals surface area contributed by atoms with Crippen molar-refractivity contribution >= 4 is 22.7 Å². The van der Waals surface area contributed by atoms with Gasteiger partial charge in [0.05, 0.1) is 12.1 Å². The van der Waals surface area contributed by atoms with Crippen molar-refractivity contribution in [3.63, 3.8) is 0 Å². The number of hydrogen-bond donors (Lipinski definition) is 2. The number of rotatable bonds is 6. The fourth-order valence-electron chi connectivity index (χ4n) is 2.95. The fraction of sp³-hybridized carbons (Fsp3) is 0.250. The van der Waals surface area contributed by atoms with Crippen LogP contribution in [0.5, 0.6) is 0 Å². The third-order valence-electron chi connectivity index (χ3n) is 4.38. The molecule has 0 aliphatic rings. The van der Waals surface area contributed by atoms with Crippen LogP contribution in [0.15, 0.2) is 48.5 Å². The van der Waals surface area contributed by atoms with Crippen molar-refractivity contribution in [3.8, 4) is 0 Å². The summed E-state index contributed by atoms with van der Waals surface area (Å²) in [5.41, 5.74) is 7.23. The lowest BCUT2D eigenvalue weighted by Gasteiger charge is -2.18. The van der Waals surface area contributed by atoms with Gasteiger partial charge in [0.2, 0.25) is 5.91 Å². The van der Waals surface area contributed by atoms with Gasteiger partial charge in [0.1, 0.15) is 11.9 Å². The Labute approximate surface area is 156 Å². The van der Waals surface area contributed by atoms with E-state index >= 15 is 0 Å². The second-order valence-corrected chi connectivity index (χ2v) is 6.75. The number of benzene rings is 2. The number of fused-ring (bicyclic) bond motifs is 1. The summed E-state index contributed by atoms with van der Waals surface area (Å²) in [5, 5.41) is 7.78. The van der Waals surface area contributed by atoms with Gasteiger partial charge in [-0.05, 0) is 29.7 Å². The van der Waals surface area contributed by atoms with Crippen molar-refractivity contribution < 1.29 is 14.0 Å². The van der Waals surface area contributed by atoms with Gasteiger partial charge in [-0.15, -0.1) is 0 Å². The van der Waals surface area contributed by atoms with E-state index in [2.05, 4.69) is 10.4 Å². The average molecular weight is 368 g/mol. The minimum absolute atomic E-state index is 0.140. The van der Waals surface area contributed by atoms with Crippen LogP contribution in [-0.2, 0) is 11.3 Å². The summed E-state index contributed by atoms with van der Waals surface area (Å²) in [6.07, 6.45) is 0. The molecule has 3 aromatic rings. The number of carbonyl (C=O) groups is 2. The van der Waals surface area contributed by atoms with Gasteiger partial charge in [-0.1, -0.05) is 44.2 Å². The number of halogens is 1. The van der Waals surface area contributed by atoms with E-state index in [1.807, 2.05) is 18.2 Å². The largest absolute Gasteiger partial charge is 0.368 e. The molecule has 27 heavy (non-hydrogen) atoms. The Balaban J connectivity index is 1.95. The molecule has 0 saturated carbocycles. The predicted octanol–water partition coefficient (Wildman–Crippen LogP) is 2.46. The zero-order valence-corrected chi connectivity index (χ0v) is 15.1. The summed E-state index contributed by atoms with van der Waals surface area (Å²) < 4.78 is 14.8. The number of nitrogens with two attached hydrogens (primary N) is 1. The lowest BCUT2D eigenvalue weighted by atomic mass is 10.0. The second-order valence-electron chi connectivity index (χ2n) is 6.75. The summed E-state index contributed by atoms with van der Waals surface area (Å²) in [6.45, 7) is 4.00. The SMILES string of the molecule is CC(C)C(NC(=O)c1nn(Cc2ccc(F)cc2)c2ccccc12)C(N)=O. The van der Waals surface area contributed by atoms with Crippen LogP contribution >= 0.6 is 0 Å². The quantitative estimate of drug-likeness (QED) is 0.700. The van der Waals surface area contributed by atoms with E-state index in [0.29, 0.717) is 11.9 Å². The molecule has 3 rings (SSSR count). The minimum atomic E-state index is -0.779. The van der Waals surface area contributed by atoms with Crippen molar-refractivity contribution in [2.75, 3.05) is 0 Å². The Morgan fingerprint density at radius 2 is 1.81 bits per heavy atom. The number of nitrogens with one attached hydrogen (secondary N) is 1. The van der Waals surface area contributed by atoms with Crippen molar-refractivity contribution in [1.82, 2.24) is 15.1 Å². The van der Waals surface area contributed by atoms with Gasteiger partial charge in [-0.25, -0.2) is 4.39 Å². The maximum absolute atomic E-state index is 13.1. The first kappa shape index (κ1) is 18.6. The van der Waals surface area contributed by atoms with Crippen LogP contribution in [0.2, 0.25) is 0 Å². The van der Waals surface area contributed by atoms with Gasteiger partial charge in [0.25, 0.3) is 5.91 Å². The van der Waals surface area contributed by atoms with Crippen LogP contribution in [0, 0.1) is 11.7 Å². The van der Waals surface area contributed by atoms with Crippen molar-refractivity contribution in [2.24, 2.45) is 11.7 Å². The summed E-state index contributed by atoms with van der Waals surface area (Å²) in [7, 11) is 0. The third-order valence-corrected chi connectivity index (χ3v) is 4.38. The van der Waals surface area contributed by atoms with Crippen LogP contribution in [-0.4, -0.2) is 27.6 Å². The first-order chi connectivity index (χ1) is 12.9. The van der Waals surface area contributed by atoms with E-state index < -0.39 is 17.9 Å². The fourth-order valence-corrected chi connectivity index (χ4v) is 2.95. The summed E-state index contributed by atoms with van der Waals surface area (Å²) in [6, 6.07) is 12.7. The molecule has 2 aromatic carbocycles. The van der Waals surface area contributed by atoms with Gasteiger partial charge >= 0.3 is 0 Å². The molecular weight excluding hydrogens is 347 g/mol. The normalized spacial score (nSPS) is 12.3. The maximum atomic E-state index is 13.1. The summed E-state index contributed by atoms with van der Waals surface area (Å²) in [4.78, 5) is 24.3. The Kier molecular flexibility index (Phi) is 5.21. The molecule has 6 nitrogen and oxygen atoms in total. The van der Waals surface area contributed by atoms with Crippen LogP contribution in [0.1, 0.15) is 29.9 Å². The van der Waals surface area contributed by atoms with E-state index in [1.165, 1.54) is 12.1 Å². The van der Waals surface area contributed by atoms with E-state index in [-0.39, 0.29) is 17.4 Å². The zero-order chi connectivity index (χ0) is 19.6. The second kappa shape index (κ2) is 7.57. The number of amides is 2. The lowest BCUT2D eigenvalue weighted by Crippen LogP contribution is -2.47. The molecule has 0 spiro atoms. The topological polar surface area (TPSA) is 90.0 Å². The molecule has 7 heteroatoms. The molecule has 0 aliphatic carbocycles. The van der Waals surface area contributed by atoms with Gasteiger partial charge in [0.15, 0.2) is 5.69 Å². The first-order valence-electron chi connectivity index (χ1n) is 8.67. The first-order valence-corrected chi connectivity index (χ1v) is 8.67. The summed E-state index contributed by atoms with van der Waals surface area (Å²) >= 11 is 0. The van der Waals surface area contributed by atoms with Gasteiger partial charge < -0.3 is 11.1 Å². The number of hydrogen-bond acceptors (Lipinski definition) is 3. The molecule has 0 aliphatic heterocycles. The van der Waals surface area contributed by atoms with Crippen LogP contribution < -0.4 is 11.1 Å². The van der Waals surface area contributed by atoms with Crippen LogP contribution in [0.3, 0.4) is 0 Å². The highest BCUT2D eigenvalue weighted by Gasteiger charge is 2.25. The van der Waals surface area contributed by atoms with Gasteiger partial charge in [-0.2, -0.15) is 5.10 Å².